The Labute approximate surface area is 143 Å². The van der Waals surface area contributed by atoms with E-state index in [1.54, 1.807) is 17.0 Å². The summed E-state index contributed by atoms with van der Waals surface area (Å²) in [6, 6.07) is 13.6. The molecule has 0 aliphatic rings. The molecular weight excluding hydrogens is 325 g/mol. The average molecular weight is 343 g/mol. The third-order valence-electron chi connectivity index (χ3n) is 3.93. The molecule has 0 aliphatic heterocycles. The van der Waals surface area contributed by atoms with Crippen molar-refractivity contribution in [2.45, 2.75) is 19.9 Å². The minimum atomic E-state index is -0.284. The number of hydrogen-bond acceptors (Lipinski definition) is 3. The molecule has 1 heterocycles. The minimum Gasteiger partial charge on any atom is -0.318 e. The molecule has 1 aromatic heterocycles. The lowest BCUT2D eigenvalue weighted by Gasteiger charge is -2.28. The number of carbonyl (C=O) groups excluding carboxylic acids is 1. The molecule has 0 unspecified atom stereocenters. The van der Waals surface area contributed by atoms with E-state index in [4.69, 9.17) is 0 Å². The first-order valence-corrected chi connectivity index (χ1v) is 8.58. The number of halogens is 1. The van der Waals surface area contributed by atoms with Gasteiger partial charge in [-0.2, -0.15) is 0 Å². The van der Waals surface area contributed by atoms with Crippen LogP contribution in [0.5, 0.6) is 0 Å². The number of urea groups is 1. The first-order valence-electron chi connectivity index (χ1n) is 7.77. The lowest BCUT2D eigenvalue weighted by Crippen LogP contribution is -2.36. The van der Waals surface area contributed by atoms with E-state index in [1.807, 2.05) is 38.1 Å². The van der Waals surface area contributed by atoms with Gasteiger partial charge in [0.05, 0.1) is 16.3 Å². The highest BCUT2D eigenvalue weighted by Gasteiger charge is 2.21. The topological polar surface area (TPSA) is 45.2 Å². The Bertz CT molecular complexity index is 814. The first-order chi connectivity index (χ1) is 11.6. The van der Waals surface area contributed by atoms with Gasteiger partial charge in [-0.3, -0.25) is 5.32 Å². The molecule has 1 N–H and O–H groups in total. The standard InChI is InChI=1S/C18H18FN3OS/c1-3-22(12(2)13-8-10-14(19)11-9-13)18(23)21-17-20-15-6-4-5-7-16(15)24-17/h4-12H,3H2,1-2H3,(H,20,21,23)/t12-/m1/s1. The number of amides is 2. The maximum atomic E-state index is 13.1. The Morgan fingerprint density at radius 1 is 1.25 bits per heavy atom. The highest BCUT2D eigenvalue weighted by molar-refractivity contribution is 7.22. The highest BCUT2D eigenvalue weighted by atomic mass is 32.1. The molecule has 2 aromatic carbocycles. The Morgan fingerprint density at radius 3 is 2.62 bits per heavy atom. The van der Waals surface area contributed by atoms with Gasteiger partial charge in [0.1, 0.15) is 5.82 Å². The summed E-state index contributed by atoms with van der Waals surface area (Å²) in [6.45, 7) is 4.38. The zero-order chi connectivity index (χ0) is 17.1. The summed E-state index contributed by atoms with van der Waals surface area (Å²) in [4.78, 5) is 18.7. The zero-order valence-electron chi connectivity index (χ0n) is 13.5. The molecular formula is C18H18FN3OS. The molecule has 3 rings (SSSR count). The van der Waals surface area contributed by atoms with Crippen molar-refractivity contribution in [3.63, 3.8) is 0 Å². The van der Waals surface area contributed by atoms with E-state index in [1.165, 1.54) is 23.5 Å². The predicted molar refractivity (Wildman–Crippen MR) is 95.8 cm³/mol. The molecule has 0 bridgehead atoms. The number of nitrogens with one attached hydrogen (secondary N) is 1. The second-order valence-corrected chi connectivity index (χ2v) is 6.46. The molecule has 0 saturated heterocycles. The predicted octanol–water partition coefficient (Wildman–Crippen LogP) is 5.05. The van der Waals surface area contributed by atoms with Gasteiger partial charge in [-0.15, -0.1) is 0 Å². The number of rotatable bonds is 4. The molecule has 0 radical (unpaired) electrons. The molecule has 4 nitrogen and oxygen atoms in total. The van der Waals surface area contributed by atoms with Gasteiger partial charge >= 0.3 is 6.03 Å². The van der Waals surface area contributed by atoms with Crippen molar-refractivity contribution < 1.29 is 9.18 Å². The Balaban J connectivity index is 1.76. The van der Waals surface area contributed by atoms with Gasteiger partial charge < -0.3 is 4.90 Å². The van der Waals surface area contributed by atoms with Gasteiger partial charge in [0.2, 0.25) is 0 Å². The quantitative estimate of drug-likeness (QED) is 0.720. The second-order valence-electron chi connectivity index (χ2n) is 5.43. The van der Waals surface area contributed by atoms with Crippen LogP contribution in [0.3, 0.4) is 0 Å². The van der Waals surface area contributed by atoms with Crippen LogP contribution in [-0.2, 0) is 0 Å². The fraction of sp³-hybridized carbons (Fsp3) is 0.222. The van der Waals surface area contributed by atoms with Crippen molar-refractivity contribution in [3.8, 4) is 0 Å². The van der Waals surface area contributed by atoms with Crippen LogP contribution in [-0.4, -0.2) is 22.5 Å². The maximum Gasteiger partial charge on any atom is 0.324 e. The van der Waals surface area contributed by atoms with Crippen molar-refractivity contribution in [3.05, 3.63) is 59.9 Å². The second kappa shape index (κ2) is 6.97. The molecule has 124 valence electrons. The summed E-state index contributed by atoms with van der Waals surface area (Å²) in [5.74, 6) is -0.284. The van der Waals surface area contributed by atoms with Gasteiger partial charge in [-0.05, 0) is 43.7 Å². The smallest absolute Gasteiger partial charge is 0.318 e. The van der Waals surface area contributed by atoms with Crippen LogP contribution in [0.2, 0.25) is 0 Å². The fourth-order valence-electron chi connectivity index (χ4n) is 2.60. The molecule has 0 spiro atoms. The summed E-state index contributed by atoms with van der Waals surface area (Å²) < 4.78 is 14.1. The number of thiazole rings is 1. The monoisotopic (exact) mass is 343 g/mol. The third kappa shape index (κ3) is 3.38. The molecule has 2 amide bonds. The molecule has 3 aromatic rings. The Morgan fingerprint density at radius 2 is 1.96 bits per heavy atom. The SMILES string of the molecule is CCN(C(=O)Nc1nc2ccccc2s1)[C@H](C)c1ccc(F)cc1. The number of fused-ring (bicyclic) bond motifs is 1. The minimum absolute atomic E-state index is 0.162. The summed E-state index contributed by atoms with van der Waals surface area (Å²) in [5.41, 5.74) is 1.75. The molecule has 24 heavy (non-hydrogen) atoms. The molecule has 1 atom stereocenters. The van der Waals surface area contributed by atoms with Crippen molar-refractivity contribution in [2.75, 3.05) is 11.9 Å². The number of aromatic nitrogens is 1. The zero-order valence-corrected chi connectivity index (χ0v) is 14.3. The van der Waals surface area contributed by atoms with Crippen LogP contribution in [0, 0.1) is 5.82 Å². The average Bonchev–Trinajstić information content (AvgIpc) is 2.98. The van der Waals surface area contributed by atoms with Crippen molar-refractivity contribution in [2.24, 2.45) is 0 Å². The van der Waals surface area contributed by atoms with Gasteiger partial charge in [0.25, 0.3) is 0 Å². The lowest BCUT2D eigenvalue weighted by atomic mass is 10.1. The normalized spacial score (nSPS) is 12.1. The van der Waals surface area contributed by atoms with Crippen LogP contribution in [0.4, 0.5) is 14.3 Å². The lowest BCUT2D eigenvalue weighted by molar-refractivity contribution is 0.197. The van der Waals surface area contributed by atoms with Gasteiger partial charge in [-0.1, -0.05) is 35.6 Å². The molecule has 0 aliphatic carbocycles. The van der Waals surface area contributed by atoms with Crippen LogP contribution < -0.4 is 5.32 Å². The molecule has 0 saturated carbocycles. The molecule has 0 fully saturated rings. The Hall–Kier alpha value is -2.47. The maximum absolute atomic E-state index is 13.1. The van der Waals surface area contributed by atoms with E-state index in [-0.39, 0.29) is 17.9 Å². The van der Waals surface area contributed by atoms with Crippen LogP contribution in [0.1, 0.15) is 25.5 Å². The number of carbonyl (C=O) groups is 1. The summed E-state index contributed by atoms with van der Waals surface area (Å²) in [6.07, 6.45) is 0. The van der Waals surface area contributed by atoms with E-state index < -0.39 is 0 Å². The number of anilines is 1. The highest BCUT2D eigenvalue weighted by Crippen LogP contribution is 2.27. The van der Waals surface area contributed by atoms with Crippen molar-refractivity contribution >= 4 is 32.7 Å². The summed E-state index contributed by atoms with van der Waals surface area (Å²) in [7, 11) is 0. The van der Waals surface area contributed by atoms with E-state index >= 15 is 0 Å². The van der Waals surface area contributed by atoms with Crippen LogP contribution >= 0.6 is 11.3 Å². The summed E-state index contributed by atoms with van der Waals surface area (Å²) in [5, 5.41) is 3.44. The van der Waals surface area contributed by atoms with Crippen molar-refractivity contribution in [1.29, 1.82) is 0 Å². The Kier molecular flexibility index (Phi) is 4.76. The summed E-state index contributed by atoms with van der Waals surface area (Å²) >= 11 is 1.44. The van der Waals surface area contributed by atoms with E-state index in [0.29, 0.717) is 11.7 Å². The van der Waals surface area contributed by atoms with Gasteiger partial charge in [0.15, 0.2) is 5.13 Å². The first kappa shape index (κ1) is 16.4. The van der Waals surface area contributed by atoms with Crippen LogP contribution in [0.15, 0.2) is 48.5 Å². The van der Waals surface area contributed by atoms with Crippen molar-refractivity contribution in [1.82, 2.24) is 9.88 Å². The van der Waals surface area contributed by atoms with E-state index in [0.717, 1.165) is 15.8 Å². The largest absolute Gasteiger partial charge is 0.324 e. The van der Waals surface area contributed by atoms with E-state index in [9.17, 15) is 9.18 Å². The number of para-hydroxylation sites is 1. The fourth-order valence-corrected chi connectivity index (χ4v) is 3.46. The number of nitrogens with zero attached hydrogens (tertiary/aromatic N) is 2. The molecule has 6 heteroatoms. The number of hydrogen-bond donors (Lipinski definition) is 1. The number of benzene rings is 2. The van der Waals surface area contributed by atoms with Gasteiger partial charge in [0, 0.05) is 6.54 Å². The van der Waals surface area contributed by atoms with Crippen LogP contribution in [0.25, 0.3) is 10.2 Å². The van der Waals surface area contributed by atoms with E-state index in [2.05, 4.69) is 10.3 Å². The van der Waals surface area contributed by atoms with Gasteiger partial charge in [-0.25, -0.2) is 14.2 Å². The third-order valence-corrected chi connectivity index (χ3v) is 4.88.